The number of halogens is 4. The Morgan fingerprint density at radius 3 is 2.46 bits per heavy atom. The fraction of sp³-hybridized carbons (Fsp3) is 0.333. The second kappa shape index (κ2) is 3.70. The van der Waals surface area contributed by atoms with E-state index in [1.807, 2.05) is 0 Å². The number of rotatable bonds is 2. The van der Waals surface area contributed by atoms with Crippen LogP contribution in [-0.2, 0) is 5.92 Å². The molecule has 0 aromatic heterocycles. The van der Waals surface area contributed by atoms with Gasteiger partial charge in [-0.15, -0.1) is 0 Å². The molecule has 1 aromatic carbocycles. The van der Waals surface area contributed by atoms with Crippen LogP contribution in [0.3, 0.4) is 0 Å². The van der Waals surface area contributed by atoms with E-state index in [0.717, 1.165) is 12.1 Å². The molecule has 13 heavy (non-hydrogen) atoms. The summed E-state index contributed by atoms with van der Waals surface area (Å²) in [4.78, 5) is 0. The normalized spacial score (nSPS) is 11.8. The molecule has 0 N–H and O–H groups in total. The van der Waals surface area contributed by atoms with Crippen LogP contribution >= 0.6 is 15.9 Å². The van der Waals surface area contributed by atoms with Crippen LogP contribution in [0.4, 0.5) is 13.2 Å². The van der Waals surface area contributed by atoms with Gasteiger partial charge in [-0.2, -0.15) is 0 Å². The maximum absolute atomic E-state index is 13.0. The Kier molecular flexibility index (Phi) is 3.01. The highest BCUT2D eigenvalue weighted by atomic mass is 79.9. The highest BCUT2D eigenvalue weighted by Gasteiger charge is 2.31. The summed E-state index contributed by atoms with van der Waals surface area (Å²) in [5, 5.41) is 0. The van der Waals surface area contributed by atoms with E-state index in [1.54, 1.807) is 0 Å². The average molecular weight is 253 g/mol. The van der Waals surface area contributed by atoms with Crippen LogP contribution in [0.1, 0.15) is 18.9 Å². The second-order valence-electron chi connectivity index (χ2n) is 2.68. The summed E-state index contributed by atoms with van der Waals surface area (Å²) >= 11 is 3.00. The van der Waals surface area contributed by atoms with Crippen molar-refractivity contribution in [1.29, 1.82) is 0 Å². The molecular formula is C9H8BrF3. The topological polar surface area (TPSA) is 0 Å². The van der Waals surface area contributed by atoms with Crippen LogP contribution in [0.2, 0.25) is 0 Å². The lowest BCUT2D eigenvalue weighted by atomic mass is 10.1. The van der Waals surface area contributed by atoms with Gasteiger partial charge in [0.25, 0.3) is 5.92 Å². The lowest BCUT2D eigenvalue weighted by molar-refractivity contribution is -0.0117. The summed E-state index contributed by atoms with van der Waals surface area (Å²) in [7, 11) is 0. The molecular weight excluding hydrogens is 245 g/mol. The summed E-state index contributed by atoms with van der Waals surface area (Å²) in [5.41, 5.74) is -0.543. The number of hydrogen-bond acceptors (Lipinski definition) is 0. The van der Waals surface area contributed by atoms with Crippen molar-refractivity contribution in [2.24, 2.45) is 0 Å². The van der Waals surface area contributed by atoms with Gasteiger partial charge in [-0.3, -0.25) is 0 Å². The van der Waals surface area contributed by atoms with Crippen molar-refractivity contribution in [1.82, 2.24) is 0 Å². The highest BCUT2D eigenvalue weighted by molar-refractivity contribution is 9.10. The van der Waals surface area contributed by atoms with Crippen LogP contribution in [0.15, 0.2) is 22.7 Å². The summed E-state index contributed by atoms with van der Waals surface area (Å²) in [6.45, 7) is 1.32. The van der Waals surface area contributed by atoms with Gasteiger partial charge in [-0.25, -0.2) is 13.2 Å². The molecule has 0 unspecified atom stereocenters. The SMILES string of the molecule is CCC(F)(F)c1ccc(Br)cc1F. The molecule has 0 atom stereocenters. The Morgan fingerprint density at radius 2 is 2.00 bits per heavy atom. The minimum absolute atomic E-state index is 0.397. The van der Waals surface area contributed by atoms with Crippen molar-refractivity contribution in [3.63, 3.8) is 0 Å². The fourth-order valence-electron chi connectivity index (χ4n) is 0.977. The summed E-state index contributed by atoms with van der Waals surface area (Å²) in [6, 6.07) is 3.55. The van der Waals surface area contributed by atoms with Crippen LogP contribution in [-0.4, -0.2) is 0 Å². The molecule has 0 saturated carbocycles. The molecule has 0 fully saturated rings. The van der Waals surface area contributed by atoms with Gasteiger partial charge in [0.05, 0.1) is 5.56 Å². The van der Waals surface area contributed by atoms with E-state index in [-0.39, 0.29) is 0 Å². The molecule has 0 nitrogen and oxygen atoms in total. The van der Waals surface area contributed by atoms with Crippen molar-refractivity contribution < 1.29 is 13.2 Å². The zero-order chi connectivity index (χ0) is 10.1. The van der Waals surface area contributed by atoms with E-state index >= 15 is 0 Å². The second-order valence-corrected chi connectivity index (χ2v) is 3.60. The van der Waals surface area contributed by atoms with Crippen LogP contribution < -0.4 is 0 Å². The van der Waals surface area contributed by atoms with Gasteiger partial charge in [-0.1, -0.05) is 22.9 Å². The predicted molar refractivity (Wildman–Crippen MR) is 48.3 cm³/mol. The standard InChI is InChI=1S/C9H8BrF3/c1-2-9(12,13)7-4-3-6(10)5-8(7)11/h3-5H,2H2,1H3. The van der Waals surface area contributed by atoms with Gasteiger partial charge < -0.3 is 0 Å². The van der Waals surface area contributed by atoms with Gasteiger partial charge >= 0.3 is 0 Å². The molecule has 0 amide bonds. The molecule has 0 aliphatic heterocycles. The molecule has 1 rings (SSSR count). The molecule has 0 bridgehead atoms. The quantitative estimate of drug-likeness (QED) is 0.744. The predicted octanol–water partition coefficient (Wildman–Crippen LogP) is 4.09. The fourth-order valence-corrected chi connectivity index (χ4v) is 1.31. The minimum atomic E-state index is -3.08. The maximum atomic E-state index is 13.0. The van der Waals surface area contributed by atoms with Gasteiger partial charge in [0.15, 0.2) is 0 Å². The monoisotopic (exact) mass is 252 g/mol. The first kappa shape index (κ1) is 10.6. The largest absolute Gasteiger partial charge is 0.275 e. The Balaban J connectivity index is 3.16. The van der Waals surface area contributed by atoms with E-state index in [2.05, 4.69) is 15.9 Å². The van der Waals surface area contributed by atoms with Crippen LogP contribution in [0, 0.1) is 5.82 Å². The van der Waals surface area contributed by atoms with Crippen molar-refractivity contribution in [2.45, 2.75) is 19.3 Å². The Hall–Kier alpha value is -0.510. The van der Waals surface area contributed by atoms with E-state index in [1.165, 1.54) is 13.0 Å². The number of alkyl halides is 2. The van der Waals surface area contributed by atoms with E-state index in [4.69, 9.17) is 0 Å². The lowest BCUT2D eigenvalue weighted by Crippen LogP contribution is -2.13. The first-order valence-electron chi connectivity index (χ1n) is 3.80. The maximum Gasteiger partial charge on any atom is 0.275 e. The van der Waals surface area contributed by atoms with Crippen LogP contribution in [0.25, 0.3) is 0 Å². The van der Waals surface area contributed by atoms with E-state index < -0.39 is 23.7 Å². The molecule has 0 aliphatic rings. The first-order chi connectivity index (χ1) is 5.97. The average Bonchev–Trinajstić information content (AvgIpc) is 2.03. The Labute approximate surface area is 82.9 Å². The molecule has 72 valence electrons. The molecule has 0 saturated heterocycles. The highest BCUT2D eigenvalue weighted by Crippen LogP contribution is 2.33. The van der Waals surface area contributed by atoms with Gasteiger partial charge in [-0.05, 0) is 18.2 Å². The molecule has 1 aromatic rings. The van der Waals surface area contributed by atoms with E-state index in [9.17, 15) is 13.2 Å². The first-order valence-corrected chi connectivity index (χ1v) is 4.60. The zero-order valence-electron chi connectivity index (χ0n) is 6.95. The summed E-state index contributed by atoms with van der Waals surface area (Å²) in [6.07, 6.45) is -0.397. The van der Waals surface area contributed by atoms with Crippen molar-refractivity contribution in [3.8, 4) is 0 Å². The van der Waals surface area contributed by atoms with Crippen molar-refractivity contribution in [3.05, 3.63) is 34.1 Å². The lowest BCUT2D eigenvalue weighted by Gasteiger charge is -2.14. The Bertz CT molecular complexity index is 310. The van der Waals surface area contributed by atoms with Gasteiger partial charge in [0.1, 0.15) is 5.82 Å². The third kappa shape index (κ3) is 2.24. The molecule has 0 heterocycles. The van der Waals surface area contributed by atoms with Gasteiger partial charge in [0.2, 0.25) is 0 Å². The summed E-state index contributed by atoms with van der Waals surface area (Å²) < 4.78 is 39.5. The third-order valence-corrected chi connectivity index (χ3v) is 2.26. The van der Waals surface area contributed by atoms with E-state index in [0.29, 0.717) is 4.47 Å². The molecule has 0 spiro atoms. The minimum Gasteiger partial charge on any atom is -0.206 e. The smallest absolute Gasteiger partial charge is 0.206 e. The molecule has 0 aliphatic carbocycles. The van der Waals surface area contributed by atoms with Crippen LogP contribution in [0.5, 0.6) is 0 Å². The third-order valence-electron chi connectivity index (χ3n) is 1.77. The van der Waals surface area contributed by atoms with Gasteiger partial charge in [0, 0.05) is 10.9 Å². The van der Waals surface area contributed by atoms with Crippen molar-refractivity contribution >= 4 is 15.9 Å². The summed E-state index contributed by atoms with van der Waals surface area (Å²) in [5.74, 6) is -3.95. The molecule has 0 radical (unpaired) electrons. The van der Waals surface area contributed by atoms with Crippen molar-refractivity contribution in [2.75, 3.05) is 0 Å². The number of benzene rings is 1. The molecule has 4 heteroatoms. The number of hydrogen-bond donors (Lipinski definition) is 0. The zero-order valence-corrected chi connectivity index (χ0v) is 8.54. The Morgan fingerprint density at radius 1 is 1.38 bits per heavy atom.